The maximum absolute atomic E-state index is 12.9. The number of esters is 1. The molecule has 222 valence electrons. The molecular weight excluding hydrogens is 456 g/mol. The number of ether oxygens (including phenoxy) is 1. The van der Waals surface area contributed by atoms with Crippen LogP contribution in [0.1, 0.15) is 201 Å². The van der Waals surface area contributed by atoms with Gasteiger partial charge in [-0.25, -0.2) is 4.79 Å². The third-order valence-corrected chi connectivity index (χ3v) is 8.00. The predicted octanol–water partition coefficient (Wildman–Crippen LogP) is 11.2. The Bertz CT molecular complexity index is 464. The van der Waals surface area contributed by atoms with Gasteiger partial charge in [-0.05, 0) is 32.1 Å². The molecule has 1 unspecified atom stereocenters. The van der Waals surface area contributed by atoms with Crippen molar-refractivity contribution < 1.29 is 14.6 Å². The number of rotatable bonds is 30. The van der Waals surface area contributed by atoms with Crippen LogP contribution in [-0.2, 0) is 9.53 Å². The second-order valence-electron chi connectivity index (χ2n) is 11.8. The van der Waals surface area contributed by atoms with Gasteiger partial charge in [0.1, 0.15) is 0 Å². The SMILES string of the molecule is CCCCCCCCCCCCCCCCC(O)(CCCCCCCC)C(=O)OCCCCCCCC. The third-order valence-electron chi connectivity index (χ3n) is 8.00. The molecule has 37 heavy (non-hydrogen) atoms. The van der Waals surface area contributed by atoms with Gasteiger partial charge in [-0.15, -0.1) is 0 Å². The Hall–Kier alpha value is -0.570. The van der Waals surface area contributed by atoms with E-state index in [-0.39, 0.29) is 5.97 Å². The normalized spacial score (nSPS) is 13.1. The summed E-state index contributed by atoms with van der Waals surface area (Å²) < 4.78 is 5.59. The van der Waals surface area contributed by atoms with Gasteiger partial charge in [0.2, 0.25) is 0 Å². The zero-order valence-corrected chi connectivity index (χ0v) is 25.8. The molecule has 0 spiro atoms. The van der Waals surface area contributed by atoms with Crippen LogP contribution in [-0.4, -0.2) is 23.3 Å². The molecule has 0 fully saturated rings. The van der Waals surface area contributed by atoms with Crippen molar-refractivity contribution in [2.45, 2.75) is 206 Å². The number of carbonyl (C=O) groups excluding carboxylic acids is 1. The summed E-state index contributed by atoms with van der Waals surface area (Å²) in [5.74, 6) is -0.357. The Labute approximate surface area is 233 Å². The summed E-state index contributed by atoms with van der Waals surface area (Å²) in [6, 6.07) is 0. The highest BCUT2D eigenvalue weighted by Crippen LogP contribution is 2.25. The minimum Gasteiger partial charge on any atom is -0.464 e. The minimum atomic E-state index is -1.27. The van der Waals surface area contributed by atoms with Crippen LogP contribution in [0, 0.1) is 0 Å². The van der Waals surface area contributed by atoms with Crippen LogP contribution in [0.5, 0.6) is 0 Å². The van der Waals surface area contributed by atoms with Gasteiger partial charge in [-0.3, -0.25) is 0 Å². The molecule has 1 atom stereocenters. The van der Waals surface area contributed by atoms with E-state index in [1.807, 2.05) is 0 Å². The van der Waals surface area contributed by atoms with Crippen molar-refractivity contribution in [1.29, 1.82) is 0 Å². The van der Waals surface area contributed by atoms with Gasteiger partial charge in [-0.2, -0.15) is 0 Å². The largest absolute Gasteiger partial charge is 0.464 e. The molecule has 0 aliphatic heterocycles. The van der Waals surface area contributed by atoms with Crippen LogP contribution in [0.4, 0.5) is 0 Å². The minimum absolute atomic E-state index is 0.357. The summed E-state index contributed by atoms with van der Waals surface area (Å²) in [5.41, 5.74) is -1.27. The van der Waals surface area contributed by atoms with E-state index in [0.29, 0.717) is 19.4 Å². The monoisotopic (exact) mass is 525 g/mol. The summed E-state index contributed by atoms with van der Waals surface area (Å²) in [4.78, 5) is 12.9. The lowest BCUT2D eigenvalue weighted by atomic mass is 9.89. The van der Waals surface area contributed by atoms with Crippen LogP contribution in [0.25, 0.3) is 0 Å². The smallest absolute Gasteiger partial charge is 0.338 e. The maximum Gasteiger partial charge on any atom is 0.338 e. The second kappa shape index (κ2) is 28.4. The first-order valence-corrected chi connectivity index (χ1v) is 17.0. The van der Waals surface area contributed by atoms with Gasteiger partial charge in [0.05, 0.1) is 6.61 Å². The van der Waals surface area contributed by atoms with Gasteiger partial charge in [0.25, 0.3) is 0 Å². The van der Waals surface area contributed by atoms with E-state index >= 15 is 0 Å². The van der Waals surface area contributed by atoms with Crippen molar-refractivity contribution in [3.05, 3.63) is 0 Å². The summed E-state index contributed by atoms with van der Waals surface area (Å²) in [6.07, 6.45) is 33.6. The second-order valence-corrected chi connectivity index (χ2v) is 11.8. The number of carbonyl (C=O) groups is 1. The number of aliphatic hydroxyl groups is 1. The molecule has 3 nitrogen and oxygen atoms in total. The van der Waals surface area contributed by atoms with Crippen LogP contribution < -0.4 is 0 Å². The molecule has 0 aromatic carbocycles. The van der Waals surface area contributed by atoms with E-state index in [1.165, 1.54) is 128 Å². The van der Waals surface area contributed by atoms with E-state index in [9.17, 15) is 9.90 Å². The third kappa shape index (κ3) is 24.2. The highest BCUT2D eigenvalue weighted by atomic mass is 16.5. The van der Waals surface area contributed by atoms with Crippen molar-refractivity contribution in [2.75, 3.05) is 6.61 Å². The van der Waals surface area contributed by atoms with E-state index in [2.05, 4.69) is 20.8 Å². The lowest BCUT2D eigenvalue weighted by Gasteiger charge is -2.26. The molecule has 3 heteroatoms. The molecule has 0 aromatic rings. The molecule has 0 radical (unpaired) electrons. The first-order valence-electron chi connectivity index (χ1n) is 17.0. The molecule has 0 saturated heterocycles. The molecule has 0 amide bonds. The van der Waals surface area contributed by atoms with Crippen LogP contribution >= 0.6 is 0 Å². The fourth-order valence-corrected chi connectivity index (χ4v) is 5.32. The first-order chi connectivity index (χ1) is 18.1. The van der Waals surface area contributed by atoms with Crippen LogP contribution in [0.15, 0.2) is 0 Å². The number of hydrogen-bond acceptors (Lipinski definition) is 3. The fourth-order valence-electron chi connectivity index (χ4n) is 5.32. The highest BCUT2D eigenvalue weighted by Gasteiger charge is 2.36. The van der Waals surface area contributed by atoms with E-state index < -0.39 is 5.60 Å². The summed E-state index contributed by atoms with van der Waals surface area (Å²) in [7, 11) is 0. The van der Waals surface area contributed by atoms with Crippen molar-refractivity contribution in [1.82, 2.24) is 0 Å². The molecule has 0 aromatic heterocycles. The maximum atomic E-state index is 12.9. The number of unbranched alkanes of at least 4 members (excludes halogenated alkanes) is 23. The lowest BCUT2D eigenvalue weighted by Crippen LogP contribution is -2.40. The van der Waals surface area contributed by atoms with Gasteiger partial charge < -0.3 is 9.84 Å². The van der Waals surface area contributed by atoms with Crippen LogP contribution in [0.2, 0.25) is 0 Å². The zero-order chi connectivity index (χ0) is 27.3. The Morgan fingerprint density at radius 2 is 0.730 bits per heavy atom. The standard InChI is InChI=1S/C34H68O3/c1-4-7-10-13-16-17-18-19-20-21-22-23-25-28-31-34(36,30-27-24-14-11-8-5-2)33(35)37-32-29-26-15-12-9-6-3/h36H,4-32H2,1-3H3. The van der Waals surface area contributed by atoms with Gasteiger partial charge in [0.15, 0.2) is 5.60 Å². The molecule has 0 bridgehead atoms. The van der Waals surface area contributed by atoms with E-state index in [1.54, 1.807) is 0 Å². The molecule has 1 N–H and O–H groups in total. The van der Waals surface area contributed by atoms with Crippen molar-refractivity contribution >= 4 is 5.97 Å². The quantitative estimate of drug-likeness (QED) is 0.0750. The highest BCUT2D eigenvalue weighted by molar-refractivity contribution is 5.79. The summed E-state index contributed by atoms with van der Waals surface area (Å²) in [5, 5.41) is 11.3. The van der Waals surface area contributed by atoms with Crippen molar-refractivity contribution in [3.63, 3.8) is 0 Å². The molecule has 0 aliphatic rings. The first kappa shape index (κ1) is 36.4. The molecule has 0 rings (SSSR count). The fraction of sp³-hybridized carbons (Fsp3) is 0.971. The number of hydrogen-bond donors (Lipinski definition) is 1. The topological polar surface area (TPSA) is 46.5 Å². The van der Waals surface area contributed by atoms with E-state index in [4.69, 9.17) is 4.74 Å². The Balaban J connectivity index is 4.08. The molecule has 0 saturated carbocycles. The van der Waals surface area contributed by atoms with Crippen molar-refractivity contribution in [3.8, 4) is 0 Å². The Kier molecular flexibility index (Phi) is 28.0. The lowest BCUT2D eigenvalue weighted by molar-refractivity contribution is -0.167. The summed E-state index contributed by atoms with van der Waals surface area (Å²) in [6.45, 7) is 7.20. The van der Waals surface area contributed by atoms with Gasteiger partial charge in [0, 0.05) is 0 Å². The van der Waals surface area contributed by atoms with Crippen molar-refractivity contribution in [2.24, 2.45) is 0 Å². The molecular formula is C34H68O3. The summed E-state index contributed by atoms with van der Waals surface area (Å²) >= 11 is 0. The molecule has 0 aliphatic carbocycles. The van der Waals surface area contributed by atoms with E-state index in [0.717, 1.165) is 38.5 Å². The predicted molar refractivity (Wildman–Crippen MR) is 162 cm³/mol. The van der Waals surface area contributed by atoms with Gasteiger partial charge >= 0.3 is 5.97 Å². The Morgan fingerprint density at radius 1 is 0.459 bits per heavy atom. The van der Waals surface area contributed by atoms with Gasteiger partial charge in [-0.1, -0.05) is 168 Å². The zero-order valence-electron chi connectivity index (χ0n) is 25.8. The average molecular weight is 525 g/mol. The average Bonchev–Trinajstić information content (AvgIpc) is 2.90. The molecule has 0 heterocycles. The Morgan fingerprint density at radius 3 is 1.05 bits per heavy atom. The van der Waals surface area contributed by atoms with Crippen LogP contribution in [0.3, 0.4) is 0 Å².